The zero-order chi connectivity index (χ0) is 21.8. The standard InChI is InChI=1S/C20H27ClN4O4S/c1-15-4-5-18(19(24-15)25(2)13-17-12-16(21)6-9-22-17)30(26,27)23-14-20(28-3)7-10-29-11-8-20/h4-6,9,12,23H,7-8,10-11,13-14H2,1-3H3. The lowest BCUT2D eigenvalue weighted by molar-refractivity contribution is -0.0850. The summed E-state index contributed by atoms with van der Waals surface area (Å²) in [7, 11) is -0.444. The molecule has 2 aromatic heterocycles. The lowest BCUT2D eigenvalue weighted by Crippen LogP contribution is -2.48. The Labute approximate surface area is 182 Å². The summed E-state index contributed by atoms with van der Waals surface area (Å²) in [4.78, 5) is 10.6. The predicted molar refractivity (Wildman–Crippen MR) is 115 cm³/mol. The van der Waals surface area contributed by atoms with Crippen molar-refractivity contribution in [2.24, 2.45) is 0 Å². The maximum Gasteiger partial charge on any atom is 0.244 e. The van der Waals surface area contributed by atoms with Crippen molar-refractivity contribution in [3.63, 3.8) is 0 Å². The van der Waals surface area contributed by atoms with E-state index in [1.807, 2.05) is 6.92 Å². The molecule has 0 amide bonds. The van der Waals surface area contributed by atoms with Crippen molar-refractivity contribution in [2.45, 2.75) is 36.8 Å². The van der Waals surface area contributed by atoms with E-state index in [9.17, 15) is 8.42 Å². The van der Waals surface area contributed by atoms with Gasteiger partial charge in [0.1, 0.15) is 10.7 Å². The van der Waals surface area contributed by atoms with E-state index < -0.39 is 15.6 Å². The van der Waals surface area contributed by atoms with Crippen molar-refractivity contribution in [3.8, 4) is 0 Å². The summed E-state index contributed by atoms with van der Waals surface area (Å²) in [6.07, 6.45) is 2.88. The number of methoxy groups -OCH3 is 1. The Kier molecular flexibility index (Phi) is 7.30. The molecule has 30 heavy (non-hydrogen) atoms. The minimum Gasteiger partial charge on any atom is -0.381 e. The molecular formula is C20H27ClN4O4S. The van der Waals surface area contributed by atoms with Crippen LogP contribution >= 0.6 is 11.6 Å². The van der Waals surface area contributed by atoms with Gasteiger partial charge in [0.2, 0.25) is 10.0 Å². The van der Waals surface area contributed by atoms with E-state index in [4.69, 9.17) is 21.1 Å². The summed E-state index contributed by atoms with van der Waals surface area (Å²) in [5, 5.41) is 0.571. The monoisotopic (exact) mass is 454 g/mol. The van der Waals surface area contributed by atoms with Crippen molar-refractivity contribution in [2.75, 3.05) is 38.8 Å². The van der Waals surface area contributed by atoms with Gasteiger partial charge in [0, 0.05) is 63.7 Å². The molecule has 0 saturated carbocycles. The van der Waals surface area contributed by atoms with Crippen LogP contribution in [0.1, 0.15) is 24.2 Å². The molecule has 3 heterocycles. The summed E-state index contributed by atoms with van der Waals surface area (Å²) >= 11 is 6.04. The first-order valence-electron chi connectivity index (χ1n) is 9.66. The number of nitrogens with zero attached hydrogens (tertiary/aromatic N) is 3. The van der Waals surface area contributed by atoms with Gasteiger partial charge in [-0.2, -0.15) is 0 Å². The number of pyridine rings is 2. The molecule has 0 bridgehead atoms. The van der Waals surface area contributed by atoms with Crippen molar-refractivity contribution < 1.29 is 17.9 Å². The van der Waals surface area contributed by atoms with Gasteiger partial charge in [-0.05, 0) is 31.2 Å². The Morgan fingerprint density at radius 3 is 2.70 bits per heavy atom. The molecule has 10 heteroatoms. The molecule has 0 atom stereocenters. The number of sulfonamides is 1. The summed E-state index contributed by atoms with van der Waals surface area (Å²) in [6.45, 7) is 3.44. The molecule has 0 unspecified atom stereocenters. The Bertz CT molecular complexity index is 981. The molecular weight excluding hydrogens is 428 g/mol. The van der Waals surface area contributed by atoms with Crippen LogP contribution < -0.4 is 9.62 Å². The first-order valence-corrected chi connectivity index (χ1v) is 11.5. The zero-order valence-corrected chi connectivity index (χ0v) is 19.0. The van der Waals surface area contributed by atoms with Crippen LogP contribution in [0.15, 0.2) is 35.4 Å². The second-order valence-electron chi connectivity index (χ2n) is 7.42. The molecule has 0 aliphatic carbocycles. The van der Waals surface area contributed by atoms with Gasteiger partial charge in [-0.3, -0.25) is 4.98 Å². The fraction of sp³-hybridized carbons (Fsp3) is 0.500. The normalized spacial score (nSPS) is 16.4. The SMILES string of the molecule is COC1(CNS(=O)(=O)c2ccc(C)nc2N(C)Cc2cc(Cl)ccn2)CCOCC1. The number of halogens is 1. The van der Waals surface area contributed by atoms with Gasteiger partial charge in [0.15, 0.2) is 0 Å². The Balaban J connectivity index is 1.84. The van der Waals surface area contributed by atoms with Crippen LogP contribution in [0.5, 0.6) is 0 Å². The van der Waals surface area contributed by atoms with Crippen molar-refractivity contribution in [3.05, 3.63) is 46.9 Å². The molecule has 1 saturated heterocycles. The highest BCUT2D eigenvalue weighted by Crippen LogP contribution is 2.27. The third-order valence-electron chi connectivity index (χ3n) is 5.23. The molecule has 3 rings (SSSR count). The first kappa shape index (κ1) is 22.9. The maximum absolute atomic E-state index is 13.2. The van der Waals surface area contributed by atoms with E-state index in [0.717, 1.165) is 0 Å². The van der Waals surface area contributed by atoms with Crippen molar-refractivity contribution >= 4 is 27.4 Å². The van der Waals surface area contributed by atoms with E-state index in [2.05, 4.69) is 14.7 Å². The quantitative estimate of drug-likeness (QED) is 0.655. The van der Waals surface area contributed by atoms with Crippen LogP contribution in [0, 0.1) is 6.92 Å². The Hall–Kier alpha value is -1.78. The lowest BCUT2D eigenvalue weighted by Gasteiger charge is -2.36. The highest BCUT2D eigenvalue weighted by molar-refractivity contribution is 7.89. The average Bonchev–Trinajstić information content (AvgIpc) is 2.73. The lowest BCUT2D eigenvalue weighted by atomic mass is 9.94. The van der Waals surface area contributed by atoms with Gasteiger partial charge in [-0.25, -0.2) is 18.1 Å². The fourth-order valence-corrected chi connectivity index (χ4v) is 4.85. The van der Waals surface area contributed by atoms with Crippen LogP contribution in [0.4, 0.5) is 5.82 Å². The van der Waals surface area contributed by atoms with E-state index in [1.54, 1.807) is 49.5 Å². The fourth-order valence-electron chi connectivity index (χ4n) is 3.37. The number of anilines is 1. The van der Waals surface area contributed by atoms with Gasteiger partial charge in [0.25, 0.3) is 0 Å². The maximum atomic E-state index is 13.2. The third kappa shape index (κ3) is 5.47. The van der Waals surface area contributed by atoms with Crippen molar-refractivity contribution in [1.29, 1.82) is 0 Å². The highest BCUT2D eigenvalue weighted by atomic mass is 35.5. The molecule has 0 radical (unpaired) electrons. The Morgan fingerprint density at radius 1 is 1.30 bits per heavy atom. The van der Waals surface area contributed by atoms with Crippen LogP contribution in [-0.2, 0) is 26.0 Å². The van der Waals surface area contributed by atoms with Crippen molar-refractivity contribution in [1.82, 2.24) is 14.7 Å². The molecule has 0 spiro atoms. The summed E-state index contributed by atoms with van der Waals surface area (Å²) in [5.41, 5.74) is 0.859. The van der Waals surface area contributed by atoms with Crippen LogP contribution in [-0.4, -0.2) is 57.9 Å². The molecule has 2 aromatic rings. The predicted octanol–water partition coefficient (Wildman–Crippen LogP) is 2.55. The minimum absolute atomic E-state index is 0.107. The number of aromatic nitrogens is 2. The second kappa shape index (κ2) is 9.57. The van der Waals surface area contributed by atoms with Crippen LogP contribution in [0.3, 0.4) is 0 Å². The number of hydrogen-bond acceptors (Lipinski definition) is 7. The minimum atomic E-state index is -3.82. The average molecular weight is 455 g/mol. The number of hydrogen-bond donors (Lipinski definition) is 1. The number of ether oxygens (including phenoxy) is 2. The molecule has 164 valence electrons. The highest BCUT2D eigenvalue weighted by Gasteiger charge is 2.34. The van der Waals surface area contributed by atoms with Gasteiger partial charge in [-0.1, -0.05) is 11.6 Å². The molecule has 1 fully saturated rings. The third-order valence-corrected chi connectivity index (χ3v) is 6.89. The van der Waals surface area contributed by atoms with Crippen LogP contribution in [0.25, 0.3) is 0 Å². The Morgan fingerprint density at radius 2 is 2.03 bits per heavy atom. The molecule has 8 nitrogen and oxygen atoms in total. The molecule has 0 aromatic carbocycles. The van der Waals surface area contributed by atoms with Gasteiger partial charge < -0.3 is 14.4 Å². The van der Waals surface area contributed by atoms with Gasteiger partial charge in [0.05, 0.1) is 17.8 Å². The first-order chi connectivity index (χ1) is 14.2. The smallest absolute Gasteiger partial charge is 0.244 e. The largest absolute Gasteiger partial charge is 0.381 e. The zero-order valence-electron chi connectivity index (χ0n) is 17.4. The summed E-state index contributed by atoms with van der Waals surface area (Å²) in [6, 6.07) is 6.70. The summed E-state index contributed by atoms with van der Waals surface area (Å²) < 4.78 is 40.1. The van der Waals surface area contributed by atoms with E-state index in [0.29, 0.717) is 54.8 Å². The second-order valence-corrected chi connectivity index (χ2v) is 9.59. The molecule has 1 aliphatic rings. The number of rotatable bonds is 8. The number of nitrogens with one attached hydrogen (secondary N) is 1. The molecule has 1 N–H and O–H groups in total. The number of aryl methyl sites for hydroxylation is 1. The van der Waals surface area contributed by atoms with Gasteiger partial charge >= 0.3 is 0 Å². The summed E-state index contributed by atoms with van der Waals surface area (Å²) in [5.74, 6) is 0.350. The molecule has 1 aliphatic heterocycles. The van der Waals surface area contributed by atoms with Crippen LogP contribution in [0.2, 0.25) is 5.02 Å². The van der Waals surface area contributed by atoms with Gasteiger partial charge in [-0.15, -0.1) is 0 Å². The van der Waals surface area contributed by atoms with E-state index >= 15 is 0 Å². The van der Waals surface area contributed by atoms with E-state index in [-0.39, 0.29) is 11.4 Å². The van der Waals surface area contributed by atoms with E-state index in [1.165, 1.54) is 0 Å². The topological polar surface area (TPSA) is 93.6 Å².